The summed E-state index contributed by atoms with van der Waals surface area (Å²) in [6.07, 6.45) is 6.44. The first-order valence-corrected chi connectivity index (χ1v) is 9.87. The standard InChI is InChI=1S/C21H32N2O4/c1-4-5-13-27-18-10-9-17(14-19(18)26-3)15-22-20(25)21(23-16(2)24)11-7-6-8-12-21/h9-10,14H,4-8,11-13,15H2,1-3H3,(H,22,25)(H,23,24). The second-order valence-corrected chi connectivity index (χ2v) is 7.19. The van der Waals surface area contributed by atoms with E-state index in [9.17, 15) is 9.59 Å². The molecule has 2 amide bonds. The number of nitrogens with one attached hydrogen (secondary N) is 2. The Balaban J connectivity index is 2.01. The van der Waals surface area contributed by atoms with Gasteiger partial charge in [-0.25, -0.2) is 0 Å². The molecule has 0 atom stereocenters. The van der Waals surface area contributed by atoms with Crippen molar-refractivity contribution >= 4 is 11.8 Å². The Labute approximate surface area is 162 Å². The van der Waals surface area contributed by atoms with Gasteiger partial charge in [-0.1, -0.05) is 38.7 Å². The van der Waals surface area contributed by atoms with Gasteiger partial charge in [0.25, 0.3) is 0 Å². The number of amides is 2. The first-order valence-electron chi connectivity index (χ1n) is 9.87. The number of methoxy groups -OCH3 is 1. The second kappa shape index (κ2) is 10.2. The fourth-order valence-corrected chi connectivity index (χ4v) is 3.52. The summed E-state index contributed by atoms with van der Waals surface area (Å²) < 4.78 is 11.2. The molecule has 6 heteroatoms. The number of unbranched alkanes of at least 4 members (excludes halogenated alkanes) is 1. The largest absolute Gasteiger partial charge is 0.493 e. The van der Waals surface area contributed by atoms with Crippen LogP contribution in [0.25, 0.3) is 0 Å². The maximum atomic E-state index is 12.8. The van der Waals surface area contributed by atoms with E-state index in [2.05, 4.69) is 17.6 Å². The summed E-state index contributed by atoms with van der Waals surface area (Å²) in [5.74, 6) is 1.09. The van der Waals surface area contributed by atoms with E-state index in [0.717, 1.165) is 37.7 Å². The number of hydrogen-bond acceptors (Lipinski definition) is 4. The molecule has 6 nitrogen and oxygen atoms in total. The summed E-state index contributed by atoms with van der Waals surface area (Å²) in [6, 6.07) is 5.68. The van der Waals surface area contributed by atoms with Crippen LogP contribution in [-0.2, 0) is 16.1 Å². The van der Waals surface area contributed by atoms with Crippen molar-refractivity contribution in [3.05, 3.63) is 23.8 Å². The summed E-state index contributed by atoms with van der Waals surface area (Å²) in [6.45, 7) is 4.62. The first kappa shape index (κ1) is 21.1. The van der Waals surface area contributed by atoms with Gasteiger partial charge in [0.2, 0.25) is 11.8 Å². The highest BCUT2D eigenvalue weighted by molar-refractivity contribution is 5.91. The fraction of sp³-hybridized carbons (Fsp3) is 0.619. The molecule has 1 aromatic carbocycles. The summed E-state index contributed by atoms with van der Waals surface area (Å²) in [7, 11) is 1.61. The minimum Gasteiger partial charge on any atom is -0.493 e. The predicted octanol–water partition coefficient (Wildman–Crippen LogP) is 3.33. The Bertz CT molecular complexity index is 639. The molecule has 0 aromatic heterocycles. The van der Waals surface area contributed by atoms with E-state index in [0.29, 0.717) is 37.5 Å². The zero-order chi connectivity index (χ0) is 19.7. The van der Waals surface area contributed by atoms with E-state index in [4.69, 9.17) is 9.47 Å². The van der Waals surface area contributed by atoms with E-state index < -0.39 is 5.54 Å². The third-order valence-electron chi connectivity index (χ3n) is 4.99. The second-order valence-electron chi connectivity index (χ2n) is 7.19. The van der Waals surface area contributed by atoms with Crippen LogP contribution in [-0.4, -0.2) is 31.1 Å². The Morgan fingerprint density at radius 2 is 1.89 bits per heavy atom. The van der Waals surface area contributed by atoms with Crippen LogP contribution < -0.4 is 20.1 Å². The maximum Gasteiger partial charge on any atom is 0.246 e. The van der Waals surface area contributed by atoms with Crippen molar-refractivity contribution in [2.24, 2.45) is 0 Å². The molecule has 150 valence electrons. The molecule has 0 radical (unpaired) electrons. The predicted molar refractivity (Wildman–Crippen MR) is 105 cm³/mol. The van der Waals surface area contributed by atoms with Crippen LogP contribution in [0.5, 0.6) is 11.5 Å². The van der Waals surface area contributed by atoms with Crippen LogP contribution in [0.2, 0.25) is 0 Å². The van der Waals surface area contributed by atoms with Crippen molar-refractivity contribution in [1.29, 1.82) is 0 Å². The number of carbonyl (C=O) groups is 2. The SMILES string of the molecule is CCCCOc1ccc(CNC(=O)C2(NC(C)=O)CCCCC2)cc1OC. The minimum atomic E-state index is -0.780. The van der Waals surface area contributed by atoms with Gasteiger partial charge in [0.1, 0.15) is 5.54 Å². The summed E-state index contributed by atoms with van der Waals surface area (Å²) in [5, 5.41) is 5.88. The lowest BCUT2D eigenvalue weighted by Gasteiger charge is -2.36. The fourth-order valence-electron chi connectivity index (χ4n) is 3.52. The topological polar surface area (TPSA) is 76.7 Å². The van der Waals surface area contributed by atoms with Crippen molar-refractivity contribution < 1.29 is 19.1 Å². The molecule has 0 unspecified atom stereocenters. The Hall–Kier alpha value is -2.24. The summed E-state index contributed by atoms with van der Waals surface area (Å²) in [4.78, 5) is 24.4. The third-order valence-corrected chi connectivity index (χ3v) is 4.99. The van der Waals surface area contributed by atoms with Gasteiger partial charge in [-0.15, -0.1) is 0 Å². The molecule has 0 bridgehead atoms. The van der Waals surface area contributed by atoms with E-state index in [1.807, 2.05) is 18.2 Å². The highest BCUT2D eigenvalue weighted by Crippen LogP contribution is 2.30. The number of carbonyl (C=O) groups excluding carboxylic acids is 2. The first-order chi connectivity index (χ1) is 13.0. The molecule has 2 N–H and O–H groups in total. The van der Waals surface area contributed by atoms with Crippen molar-refractivity contribution in [2.45, 2.75) is 70.9 Å². The lowest BCUT2D eigenvalue weighted by Crippen LogP contribution is -2.59. The van der Waals surface area contributed by atoms with Gasteiger partial charge in [-0.05, 0) is 37.0 Å². The van der Waals surface area contributed by atoms with Crippen LogP contribution in [0.4, 0.5) is 0 Å². The zero-order valence-corrected chi connectivity index (χ0v) is 16.7. The van der Waals surface area contributed by atoms with Crippen LogP contribution in [0.15, 0.2) is 18.2 Å². The van der Waals surface area contributed by atoms with E-state index in [-0.39, 0.29) is 11.8 Å². The highest BCUT2D eigenvalue weighted by atomic mass is 16.5. The molecule has 27 heavy (non-hydrogen) atoms. The lowest BCUT2D eigenvalue weighted by molar-refractivity contribution is -0.134. The Kier molecular flexibility index (Phi) is 7.95. The number of rotatable bonds is 9. The maximum absolute atomic E-state index is 12.8. The third kappa shape index (κ3) is 5.88. The molecule has 0 saturated heterocycles. The van der Waals surface area contributed by atoms with E-state index in [1.54, 1.807) is 7.11 Å². The van der Waals surface area contributed by atoms with Crippen molar-refractivity contribution in [3.63, 3.8) is 0 Å². The molecule has 1 aliphatic rings. The quantitative estimate of drug-likeness (QED) is 0.648. The normalized spacial score (nSPS) is 15.7. The van der Waals surface area contributed by atoms with Gasteiger partial charge in [0.05, 0.1) is 13.7 Å². The smallest absolute Gasteiger partial charge is 0.246 e. The van der Waals surface area contributed by atoms with Crippen molar-refractivity contribution in [2.75, 3.05) is 13.7 Å². The van der Waals surface area contributed by atoms with Crippen LogP contribution in [0.3, 0.4) is 0 Å². The Morgan fingerprint density at radius 3 is 2.52 bits per heavy atom. The molecule has 1 aliphatic carbocycles. The molecular weight excluding hydrogens is 344 g/mol. The molecule has 0 spiro atoms. The molecule has 0 aliphatic heterocycles. The van der Waals surface area contributed by atoms with Gasteiger partial charge < -0.3 is 20.1 Å². The van der Waals surface area contributed by atoms with Gasteiger partial charge in [-0.3, -0.25) is 9.59 Å². The minimum absolute atomic E-state index is 0.111. The average Bonchev–Trinajstić information content (AvgIpc) is 2.67. The average molecular weight is 376 g/mol. The van der Waals surface area contributed by atoms with Crippen molar-refractivity contribution in [1.82, 2.24) is 10.6 Å². The monoisotopic (exact) mass is 376 g/mol. The van der Waals surface area contributed by atoms with E-state index in [1.165, 1.54) is 6.92 Å². The number of hydrogen-bond donors (Lipinski definition) is 2. The van der Waals surface area contributed by atoms with Crippen LogP contribution in [0, 0.1) is 0 Å². The molecule has 2 rings (SSSR count). The van der Waals surface area contributed by atoms with Crippen molar-refractivity contribution in [3.8, 4) is 11.5 Å². The van der Waals surface area contributed by atoms with Gasteiger partial charge in [0, 0.05) is 13.5 Å². The number of benzene rings is 1. The van der Waals surface area contributed by atoms with Gasteiger partial charge >= 0.3 is 0 Å². The molecule has 1 fully saturated rings. The molecule has 0 heterocycles. The van der Waals surface area contributed by atoms with Gasteiger partial charge in [0.15, 0.2) is 11.5 Å². The van der Waals surface area contributed by atoms with E-state index >= 15 is 0 Å². The number of ether oxygens (including phenoxy) is 2. The van der Waals surface area contributed by atoms with Crippen LogP contribution in [0.1, 0.15) is 64.4 Å². The summed E-state index contributed by atoms with van der Waals surface area (Å²) >= 11 is 0. The summed E-state index contributed by atoms with van der Waals surface area (Å²) in [5.41, 5.74) is 0.147. The molecular formula is C21H32N2O4. The molecule has 1 aromatic rings. The molecule has 1 saturated carbocycles. The lowest BCUT2D eigenvalue weighted by atomic mass is 9.80. The Morgan fingerprint density at radius 1 is 1.15 bits per heavy atom. The zero-order valence-electron chi connectivity index (χ0n) is 16.7. The van der Waals surface area contributed by atoms with Crippen LogP contribution >= 0.6 is 0 Å². The van der Waals surface area contributed by atoms with Gasteiger partial charge in [-0.2, -0.15) is 0 Å². The highest BCUT2D eigenvalue weighted by Gasteiger charge is 2.39.